The normalized spacial score (nSPS) is 11.7. The minimum absolute atomic E-state index is 0.0650. The summed E-state index contributed by atoms with van der Waals surface area (Å²) in [5.41, 5.74) is 0.0839. The summed E-state index contributed by atoms with van der Waals surface area (Å²) in [6.07, 6.45) is 0.798. The Morgan fingerprint density at radius 2 is 1.69 bits per heavy atom. The van der Waals surface area contributed by atoms with Crippen LogP contribution in [-0.2, 0) is 20.0 Å². The van der Waals surface area contributed by atoms with Crippen LogP contribution in [-0.4, -0.2) is 22.7 Å². The van der Waals surface area contributed by atoms with Crippen molar-refractivity contribution in [2.45, 2.75) is 4.90 Å². The van der Waals surface area contributed by atoms with Crippen molar-refractivity contribution in [2.24, 2.45) is 0 Å². The smallest absolute Gasteiger partial charge is 0.268 e. The Labute approximate surface area is 150 Å². The predicted octanol–water partition coefficient (Wildman–Crippen LogP) is 1.58. The van der Waals surface area contributed by atoms with Crippen molar-refractivity contribution >= 4 is 31.6 Å². The molecule has 0 aliphatic heterocycles. The van der Waals surface area contributed by atoms with E-state index in [1.807, 2.05) is 4.72 Å². The van der Waals surface area contributed by atoms with Crippen LogP contribution in [0, 0.1) is 11.3 Å². The molecule has 0 aliphatic rings. The van der Waals surface area contributed by atoms with Gasteiger partial charge in [-0.2, -0.15) is 13.7 Å². The van der Waals surface area contributed by atoms with Crippen LogP contribution in [0.2, 0.25) is 0 Å². The molecule has 1 amide bonds. The predicted molar refractivity (Wildman–Crippen MR) is 94.8 cm³/mol. The number of hydrogen-bond donors (Lipinski definition) is 2. The molecule has 0 heterocycles. The number of allylic oxidation sites excluding steroid dienone is 1. The van der Waals surface area contributed by atoms with Crippen LogP contribution in [0.4, 0.5) is 5.69 Å². The molecule has 0 spiro atoms. The van der Waals surface area contributed by atoms with Gasteiger partial charge < -0.3 is 0 Å². The van der Waals surface area contributed by atoms with Gasteiger partial charge in [-0.1, -0.05) is 24.3 Å². The number of amides is 1. The van der Waals surface area contributed by atoms with E-state index in [9.17, 15) is 21.6 Å². The first kappa shape index (κ1) is 19.2. The lowest BCUT2D eigenvalue weighted by Crippen LogP contribution is -2.35. The molecule has 0 unspecified atom stereocenters. The largest absolute Gasteiger partial charge is 0.323 e. The summed E-state index contributed by atoms with van der Waals surface area (Å²) in [5.74, 6) is -0.834. The molecule has 0 radical (unpaired) electrons. The monoisotopic (exact) mass is 391 g/mol. The number of nitrogens with zero attached hydrogens (tertiary/aromatic N) is 1. The molecule has 8 nitrogen and oxygen atoms in total. The average molecular weight is 391 g/mol. The summed E-state index contributed by atoms with van der Waals surface area (Å²) in [5, 5.41) is 9.13. The molecule has 134 valence electrons. The van der Waals surface area contributed by atoms with Crippen molar-refractivity contribution in [2.75, 3.05) is 4.72 Å². The van der Waals surface area contributed by atoms with E-state index < -0.39 is 26.0 Å². The molecule has 0 aliphatic carbocycles. The third-order valence-corrected chi connectivity index (χ3v) is 5.36. The van der Waals surface area contributed by atoms with E-state index in [4.69, 9.17) is 5.26 Å². The summed E-state index contributed by atoms with van der Waals surface area (Å²) in [6, 6.07) is 14.3. The van der Waals surface area contributed by atoms with Crippen molar-refractivity contribution < 1.29 is 21.6 Å². The minimum Gasteiger partial charge on any atom is -0.268 e. The Morgan fingerprint density at radius 3 is 2.35 bits per heavy atom. The van der Waals surface area contributed by atoms with Crippen LogP contribution in [0.15, 0.2) is 71.0 Å². The van der Waals surface area contributed by atoms with Gasteiger partial charge in [0.25, 0.3) is 5.91 Å². The van der Waals surface area contributed by atoms with E-state index >= 15 is 0 Å². The molecule has 0 fully saturated rings. The quantitative estimate of drug-likeness (QED) is 0.718. The topological polar surface area (TPSA) is 133 Å². The summed E-state index contributed by atoms with van der Waals surface area (Å²) < 4.78 is 52.0. The van der Waals surface area contributed by atoms with Gasteiger partial charge in [0.2, 0.25) is 9.84 Å². The number of sulfone groups is 1. The molecule has 0 saturated heterocycles. The van der Waals surface area contributed by atoms with Gasteiger partial charge in [-0.3, -0.25) is 9.52 Å². The molecule has 2 aromatic rings. The number of anilines is 1. The maximum absolute atomic E-state index is 12.1. The molecule has 26 heavy (non-hydrogen) atoms. The van der Waals surface area contributed by atoms with Gasteiger partial charge in [-0.15, -0.1) is 0 Å². The molecular formula is C16H13N3O5S2. The zero-order valence-corrected chi connectivity index (χ0v) is 14.8. The number of carbonyl (C=O) groups excluding carboxylic acids is 1. The van der Waals surface area contributed by atoms with Gasteiger partial charge in [0.1, 0.15) is 0 Å². The molecule has 0 saturated carbocycles. The maximum atomic E-state index is 12.1. The minimum atomic E-state index is -4.28. The lowest BCUT2D eigenvalue weighted by Gasteiger charge is -2.10. The second-order valence-corrected chi connectivity index (χ2v) is 8.16. The Hall–Kier alpha value is -3.16. The van der Waals surface area contributed by atoms with E-state index in [0.29, 0.717) is 5.41 Å². The molecular weight excluding hydrogens is 378 g/mol. The second-order valence-electron chi connectivity index (χ2n) is 4.91. The summed E-state index contributed by atoms with van der Waals surface area (Å²) >= 11 is 0. The van der Waals surface area contributed by atoms with Gasteiger partial charge in [-0.05, 0) is 30.3 Å². The third-order valence-electron chi connectivity index (χ3n) is 3.00. The van der Waals surface area contributed by atoms with Crippen LogP contribution in [0.1, 0.15) is 10.4 Å². The van der Waals surface area contributed by atoms with Gasteiger partial charge in [0, 0.05) is 17.0 Å². The Morgan fingerprint density at radius 1 is 1.00 bits per heavy atom. The molecule has 2 aromatic carbocycles. The van der Waals surface area contributed by atoms with Gasteiger partial charge in [-0.25, -0.2) is 13.1 Å². The van der Waals surface area contributed by atoms with E-state index in [1.165, 1.54) is 30.3 Å². The van der Waals surface area contributed by atoms with Crippen molar-refractivity contribution in [3.05, 3.63) is 71.6 Å². The Bertz CT molecular complexity index is 1090. The number of nitrogens with one attached hydrogen (secondary N) is 2. The average Bonchev–Trinajstić information content (AvgIpc) is 2.60. The fourth-order valence-corrected chi connectivity index (χ4v) is 3.69. The highest BCUT2D eigenvalue weighted by molar-refractivity contribution is 7.94. The van der Waals surface area contributed by atoms with Crippen molar-refractivity contribution in [1.82, 2.24) is 4.72 Å². The van der Waals surface area contributed by atoms with Gasteiger partial charge in [0.15, 0.2) is 0 Å². The number of rotatable bonds is 6. The SMILES string of the molecule is N#CC=CS(=O)(=O)c1cccc(NS(=O)(=O)NC(=O)c2ccccc2)c1. The first-order valence-electron chi connectivity index (χ1n) is 7.05. The standard InChI is InChI=1S/C16H13N3O5S2/c17-10-5-11-25(21,22)15-9-4-8-14(12-15)18-26(23,24)19-16(20)13-6-2-1-3-7-13/h1-9,11-12,18H,(H,19,20). The zero-order chi connectivity index (χ0) is 19.2. The number of benzene rings is 2. The number of nitriles is 1. The maximum Gasteiger partial charge on any atom is 0.323 e. The van der Waals surface area contributed by atoms with E-state index in [1.54, 1.807) is 24.3 Å². The summed E-state index contributed by atoms with van der Waals surface area (Å²) in [7, 11) is -8.17. The van der Waals surface area contributed by atoms with Crippen LogP contribution >= 0.6 is 0 Å². The lowest BCUT2D eigenvalue weighted by molar-refractivity contribution is 0.0981. The Balaban J connectivity index is 2.20. The molecule has 2 N–H and O–H groups in total. The first-order chi connectivity index (χ1) is 12.2. The summed E-state index contributed by atoms with van der Waals surface area (Å²) in [6.45, 7) is 0. The Kier molecular flexibility index (Phi) is 5.76. The number of carbonyl (C=O) groups is 1. The lowest BCUT2D eigenvalue weighted by atomic mass is 10.2. The van der Waals surface area contributed by atoms with Crippen LogP contribution < -0.4 is 9.44 Å². The summed E-state index contributed by atoms with van der Waals surface area (Å²) in [4.78, 5) is 11.7. The van der Waals surface area contributed by atoms with Crippen molar-refractivity contribution in [3.8, 4) is 6.07 Å². The second kappa shape index (κ2) is 7.81. The third kappa shape index (κ3) is 5.17. The van der Waals surface area contributed by atoms with Crippen LogP contribution in [0.3, 0.4) is 0 Å². The van der Waals surface area contributed by atoms with Crippen molar-refractivity contribution in [1.29, 1.82) is 5.26 Å². The highest BCUT2D eigenvalue weighted by Crippen LogP contribution is 2.18. The molecule has 0 atom stereocenters. The van der Waals surface area contributed by atoms with Gasteiger partial charge >= 0.3 is 10.2 Å². The molecule has 2 rings (SSSR count). The highest BCUT2D eigenvalue weighted by atomic mass is 32.2. The van der Waals surface area contributed by atoms with Crippen LogP contribution in [0.25, 0.3) is 0 Å². The highest BCUT2D eigenvalue weighted by Gasteiger charge is 2.17. The number of hydrogen-bond acceptors (Lipinski definition) is 6. The molecule has 0 bridgehead atoms. The van der Waals surface area contributed by atoms with Crippen molar-refractivity contribution in [3.63, 3.8) is 0 Å². The van der Waals surface area contributed by atoms with Crippen LogP contribution in [0.5, 0.6) is 0 Å². The van der Waals surface area contributed by atoms with Gasteiger partial charge in [0.05, 0.1) is 16.7 Å². The molecule has 0 aromatic heterocycles. The fraction of sp³-hybridized carbons (Fsp3) is 0. The van der Waals surface area contributed by atoms with E-state index in [-0.39, 0.29) is 16.1 Å². The zero-order valence-electron chi connectivity index (χ0n) is 13.2. The molecule has 10 heteroatoms. The first-order valence-corrected chi connectivity index (χ1v) is 10.1. The fourth-order valence-electron chi connectivity index (χ4n) is 1.89. The van der Waals surface area contributed by atoms with E-state index in [0.717, 1.165) is 12.1 Å². The van der Waals surface area contributed by atoms with E-state index in [2.05, 4.69) is 4.72 Å².